The van der Waals surface area contributed by atoms with Crippen LogP contribution in [0.1, 0.15) is 11.1 Å². The fourth-order valence-electron chi connectivity index (χ4n) is 3.59. The summed E-state index contributed by atoms with van der Waals surface area (Å²) in [5.41, 5.74) is 0.165. The molecule has 1 aromatic heterocycles. The van der Waals surface area contributed by atoms with Gasteiger partial charge >= 0.3 is 12.1 Å². The molecule has 0 spiro atoms. The summed E-state index contributed by atoms with van der Waals surface area (Å²) in [7, 11) is -4.11. The Morgan fingerprint density at radius 3 is 2.48 bits per heavy atom. The van der Waals surface area contributed by atoms with E-state index in [2.05, 4.69) is 4.94 Å². The van der Waals surface area contributed by atoms with Crippen LogP contribution in [0.3, 0.4) is 0 Å². The van der Waals surface area contributed by atoms with E-state index in [1.54, 1.807) is 11.0 Å². The summed E-state index contributed by atoms with van der Waals surface area (Å²) in [4.78, 5) is 16.0. The average molecular weight is 456 g/mol. The van der Waals surface area contributed by atoms with E-state index in [9.17, 15) is 30.9 Å². The lowest BCUT2D eigenvalue weighted by Gasteiger charge is -2.38. The molecule has 3 aromatic rings. The van der Waals surface area contributed by atoms with E-state index in [0.29, 0.717) is 11.3 Å². The summed E-state index contributed by atoms with van der Waals surface area (Å²) < 4.78 is 78.5. The van der Waals surface area contributed by atoms with Gasteiger partial charge in [0.25, 0.3) is 10.0 Å². The highest BCUT2D eigenvalue weighted by molar-refractivity contribution is 7.90. The smallest absolute Gasteiger partial charge is 0.370 e. The van der Waals surface area contributed by atoms with Gasteiger partial charge in [-0.05, 0) is 48.9 Å². The quantitative estimate of drug-likeness (QED) is 0.554. The number of benzene rings is 2. The van der Waals surface area contributed by atoms with Gasteiger partial charge in [0.05, 0.1) is 21.9 Å². The van der Waals surface area contributed by atoms with Crippen LogP contribution in [0.25, 0.3) is 10.9 Å². The van der Waals surface area contributed by atoms with Gasteiger partial charge in [-0.25, -0.2) is 17.2 Å². The van der Waals surface area contributed by atoms with Crippen molar-refractivity contribution in [2.45, 2.75) is 18.0 Å². The van der Waals surface area contributed by atoms with Crippen LogP contribution in [0.2, 0.25) is 0 Å². The lowest BCUT2D eigenvalue weighted by molar-refractivity contribution is -0.189. The van der Waals surface area contributed by atoms with Crippen LogP contribution in [0.4, 0.5) is 23.4 Å². The number of alkyl halides is 3. The molecule has 1 aliphatic heterocycles. The minimum absolute atomic E-state index is 0.0710. The summed E-state index contributed by atoms with van der Waals surface area (Å²) in [6, 6.07) is 8.84. The highest BCUT2D eigenvalue weighted by atomic mass is 32.2. The number of halogens is 4. The van der Waals surface area contributed by atoms with E-state index in [0.717, 1.165) is 22.2 Å². The highest BCUT2D eigenvalue weighted by Gasteiger charge is 2.35. The van der Waals surface area contributed by atoms with Crippen LogP contribution in [0.5, 0.6) is 0 Å². The molecule has 0 amide bonds. The molecular weight excluding hydrogens is 440 g/mol. The van der Waals surface area contributed by atoms with Gasteiger partial charge in [-0.1, -0.05) is 6.07 Å². The molecule has 0 atom stereocenters. The fraction of sp³-hybridized carbons (Fsp3) is 0.250. The number of hydrogen-bond donors (Lipinski definition) is 0. The number of carbonyl (C=O) groups is 1. The Labute approximate surface area is 174 Å². The van der Waals surface area contributed by atoms with Crippen LogP contribution in [0, 0.1) is 12.8 Å². The molecule has 164 valence electrons. The van der Waals surface area contributed by atoms with Gasteiger partial charge in [-0.2, -0.15) is 13.2 Å². The molecule has 0 unspecified atom stereocenters. The molecule has 1 fully saturated rings. The van der Waals surface area contributed by atoms with Gasteiger partial charge in [-0.15, -0.1) is 0 Å². The summed E-state index contributed by atoms with van der Waals surface area (Å²) in [5, 5.41) is 0.185. The standard InChI is InChI=1S/C20H16F4N2O4S/c1-12-9-26(18-6-5-14(7-17(12)18)20(21,22)23)31(28,29)16-4-2-3-15(8-16)25-10-13(11-25)19(27)30-24/h2-9,13H,10-11H2,1H3. The van der Waals surface area contributed by atoms with E-state index >= 15 is 0 Å². The zero-order chi connectivity index (χ0) is 22.6. The van der Waals surface area contributed by atoms with Crippen molar-refractivity contribution in [1.82, 2.24) is 3.97 Å². The lowest BCUT2D eigenvalue weighted by atomic mass is 10.00. The van der Waals surface area contributed by atoms with Crippen LogP contribution < -0.4 is 4.90 Å². The molecule has 31 heavy (non-hydrogen) atoms. The Bertz CT molecular complexity index is 1280. The number of carbonyl (C=O) groups excluding carboxylic acids is 1. The van der Waals surface area contributed by atoms with Gasteiger partial charge in [0, 0.05) is 34.9 Å². The maximum absolute atomic E-state index is 13.2. The number of hydrogen-bond acceptors (Lipinski definition) is 5. The Morgan fingerprint density at radius 2 is 1.84 bits per heavy atom. The van der Waals surface area contributed by atoms with Crippen molar-refractivity contribution in [2.24, 2.45) is 5.92 Å². The number of aryl methyl sites for hydroxylation is 1. The largest absolute Gasteiger partial charge is 0.416 e. The molecular formula is C20H16F4N2O4S. The van der Waals surface area contributed by atoms with E-state index in [4.69, 9.17) is 0 Å². The van der Waals surface area contributed by atoms with E-state index in [1.165, 1.54) is 31.3 Å². The van der Waals surface area contributed by atoms with Crippen molar-refractivity contribution in [1.29, 1.82) is 0 Å². The maximum Gasteiger partial charge on any atom is 0.416 e. The minimum atomic E-state index is -4.54. The monoisotopic (exact) mass is 456 g/mol. The second kappa shape index (κ2) is 7.26. The lowest BCUT2D eigenvalue weighted by Crippen LogP contribution is -2.50. The molecule has 0 aliphatic carbocycles. The molecule has 0 radical (unpaired) electrons. The number of fused-ring (bicyclic) bond motifs is 1. The van der Waals surface area contributed by atoms with Gasteiger partial charge in [0.15, 0.2) is 0 Å². The zero-order valence-corrected chi connectivity index (χ0v) is 16.9. The third-order valence-corrected chi connectivity index (χ3v) is 7.00. The fourth-order valence-corrected chi connectivity index (χ4v) is 5.05. The van der Waals surface area contributed by atoms with Crippen LogP contribution in [0.15, 0.2) is 53.6 Å². The predicted molar refractivity (Wildman–Crippen MR) is 104 cm³/mol. The van der Waals surface area contributed by atoms with Gasteiger partial charge in [0.1, 0.15) is 0 Å². The van der Waals surface area contributed by atoms with Crippen molar-refractivity contribution >= 4 is 32.6 Å². The Kier molecular flexibility index (Phi) is 4.95. The Hall–Kier alpha value is -3.08. The normalized spacial score (nSPS) is 15.2. The summed E-state index contributed by atoms with van der Waals surface area (Å²) in [6.45, 7) is 1.89. The second-order valence-corrected chi connectivity index (χ2v) is 9.15. The molecule has 4 rings (SSSR count). The summed E-state index contributed by atoms with van der Waals surface area (Å²) >= 11 is 0. The molecule has 2 aromatic carbocycles. The highest BCUT2D eigenvalue weighted by Crippen LogP contribution is 2.34. The van der Waals surface area contributed by atoms with E-state index in [1.807, 2.05) is 0 Å². The van der Waals surface area contributed by atoms with Gasteiger partial charge in [0.2, 0.25) is 0 Å². The molecule has 1 saturated heterocycles. The molecule has 0 N–H and O–H groups in total. The maximum atomic E-state index is 13.2. The predicted octanol–water partition coefficient (Wildman–Crippen LogP) is 4.07. The number of nitrogens with zero attached hydrogens (tertiary/aromatic N) is 2. The van der Waals surface area contributed by atoms with Gasteiger partial charge < -0.3 is 4.90 Å². The van der Waals surface area contributed by atoms with Crippen molar-refractivity contribution < 1.29 is 35.9 Å². The minimum Gasteiger partial charge on any atom is -0.370 e. The SMILES string of the molecule is Cc1cn(S(=O)(=O)c2cccc(N3CC(C(=O)OF)C3)c2)c2ccc(C(F)(F)F)cc12. The molecule has 0 saturated carbocycles. The van der Waals surface area contributed by atoms with Crippen molar-refractivity contribution in [3.05, 3.63) is 59.8 Å². The number of aromatic nitrogens is 1. The van der Waals surface area contributed by atoms with Crippen molar-refractivity contribution in [3.63, 3.8) is 0 Å². The summed E-state index contributed by atoms with van der Waals surface area (Å²) in [5.74, 6) is -1.61. The second-order valence-electron chi connectivity index (χ2n) is 7.34. The first-order chi connectivity index (χ1) is 14.5. The first kappa shape index (κ1) is 21.2. The third kappa shape index (κ3) is 3.62. The van der Waals surface area contributed by atoms with E-state index < -0.39 is 33.7 Å². The average Bonchev–Trinajstić information content (AvgIpc) is 3.03. The molecule has 11 heteroatoms. The third-order valence-electron chi connectivity index (χ3n) is 5.33. The first-order valence-electron chi connectivity index (χ1n) is 9.14. The van der Waals surface area contributed by atoms with Crippen LogP contribution in [-0.4, -0.2) is 31.4 Å². The van der Waals surface area contributed by atoms with Crippen molar-refractivity contribution in [2.75, 3.05) is 18.0 Å². The first-order valence-corrected chi connectivity index (χ1v) is 10.6. The van der Waals surface area contributed by atoms with Gasteiger partial charge in [-0.3, -0.25) is 4.94 Å². The summed E-state index contributed by atoms with van der Waals surface area (Å²) in [6.07, 6.45) is -3.26. The Balaban J connectivity index is 1.70. The molecule has 2 heterocycles. The van der Waals surface area contributed by atoms with Crippen molar-refractivity contribution in [3.8, 4) is 0 Å². The molecule has 0 bridgehead atoms. The number of rotatable bonds is 4. The van der Waals surface area contributed by atoms with Crippen LogP contribution in [-0.2, 0) is 25.9 Å². The molecule has 6 nitrogen and oxygen atoms in total. The molecule has 1 aliphatic rings. The van der Waals surface area contributed by atoms with Crippen LogP contribution >= 0.6 is 0 Å². The topological polar surface area (TPSA) is 68.6 Å². The number of anilines is 1. The Morgan fingerprint density at radius 1 is 1.13 bits per heavy atom. The van der Waals surface area contributed by atoms with E-state index in [-0.39, 0.29) is 28.9 Å². The zero-order valence-electron chi connectivity index (χ0n) is 16.1.